The van der Waals surface area contributed by atoms with Gasteiger partial charge in [0.1, 0.15) is 0 Å². The standard InChI is InChI=1S/C15H30N2O/c1-3-7-15(8-4-9-16-12-15)13-17-10-5-14(18-2)6-11-17/h14,16H,3-13H2,1-2H3. The van der Waals surface area contributed by atoms with Crippen LogP contribution < -0.4 is 5.32 Å². The average Bonchev–Trinajstić information content (AvgIpc) is 2.41. The summed E-state index contributed by atoms with van der Waals surface area (Å²) >= 11 is 0. The van der Waals surface area contributed by atoms with Gasteiger partial charge in [-0.25, -0.2) is 0 Å². The summed E-state index contributed by atoms with van der Waals surface area (Å²) in [6, 6.07) is 0. The molecule has 3 heteroatoms. The fraction of sp³-hybridized carbons (Fsp3) is 1.00. The zero-order chi connectivity index (χ0) is 12.8. The van der Waals surface area contributed by atoms with Crippen LogP contribution in [0.5, 0.6) is 0 Å². The van der Waals surface area contributed by atoms with E-state index in [1.54, 1.807) is 0 Å². The van der Waals surface area contributed by atoms with Crippen molar-refractivity contribution in [2.24, 2.45) is 5.41 Å². The summed E-state index contributed by atoms with van der Waals surface area (Å²) in [6.07, 6.45) is 8.40. The Labute approximate surface area is 112 Å². The SMILES string of the molecule is CCCC1(CN2CCC(OC)CC2)CCCNC1. The lowest BCUT2D eigenvalue weighted by Gasteiger charge is -2.43. The van der Waals surface area contributed by atoms with Crippen LogP contribution in [0.4, 0.5) is 0 Å². The molecule has 1 atom stereocenters. The Morgan fingerprint density at radius 3 is 2.67 bits per heavy atom. The zero-order valence-corrected chi connectivity index (χ0v) is 12.2. The highest BCUT2D eigenvalue weighted by Crippen LogP contribution is 2.33. The Morgan fingerprint density at radius 2 is 2.11 bits per heavy atom. The summed E-state index contributed by atoms with van der Waals surface area (Å²) < 4.78 is 5.46. The predicted molar refractivity (Wildman–Crippen MR) is 75.9 cm³/mol. The average molecular weight is 254 g/mol. The van der Waals surface area contributed by atoms with Crippen LogP contribution in [-0.2, 0) is 4.74 Å². The summed E-state index contributed by atoms with van der Waals surface area (Å²) in [5, 5.41) is 3.62. The number of methoxy groups -OCH3 is 1. The van der Waals surface area contributed by atoms with Gasteiger partial charge in [0.25, 0.3) is 0 Å². The quantitative estimate of drug-likeness (QED) is 0.814. The van der Waals surface area contributed by atoms with Gasteiger partial charge in [-0.1, -0.05) is 13.3 Å². The molecule has 2 aliphatic heterocycles. The van der Waals surface area contributed by atoms with Gasteiger partial charge in [-0.05, 0) is 44.1 Å². The van der Waals surface area contributed by atoms with Gasteiger partial charge in [0, 0.05) is 33.3 Å². The Bertz CT molecular complexity index is 225. The number of nitrogens with one attached hydrogen (secondary N) is 1. The molecule has 3 nitrogen and oxygen atoms in total. The molecule has 2 rings (SSSR count). The van der Waals surface area contributed by atoms with E-state index in [2.05, 4.69) is 17.1 Å². The molecule has 0 saturated carbocycles. The Kier molecular flexibility index (Phi) is 5.46. The molecule has 0 aliphatic carbocycles. The van der Waals surface area contributed by atoms with Crippen molar-refractivity contribution in [2.45, 2.75) is 51.6 Å². The van der Waals surface area contributed by atoms with E-state index in [-0.39, 0.29) is 0 Å². The third-order valence-electron chi connectivity index (χ3n) is 4.77. The van der Waals surface area contributed by atoms with E-state index >= 15 is 0 Å². The van der Waals surface area contributed by atoms with Gasteiger partial charge in [-0.3, -0.25) is 0 Å². The molecule has 0 spiro atoms. The number of likely N-dealkylation sites (tertiary alicyclic amines) is 1. The van der Waals surface area contributed by atoms with Crippen molar-refractivity contribution in [3.8, 4) is 0 Å². The molecule has 1 N–H and O–H groups in total. The minimum atomic E-state index is 0.507. The number of rotatable bonds is 5. The Hall–Kier alpha value is -0.120. The first kappa shape index (κ1) is 14.3. The van der Waals surface area contributed by atoms with E-state index in [0.717, 1.165) is 0 Å². The van der Waals surface area contributed by atoms with Crippen LogP contribution in [0, 0.1) is 5.41 Å². The molecular weight excluding hydrogens is 224 g/mol. The highest BCUT2D eigenvalue weighted by molar-refractivity contribution is 4.89. The maximum atomic E-state index is 5.46. The van der Waals surface area contributed by atoms with E-state index in [4.69, 9.17) is 4.74 Å². The second-order valence-corrected chi connectivity index (χ2v) is 6.24. The Morgan fingerprint density at radius 1 is 1.33 bits per heavy atom. The van der Waals surface area contributed by atoms with Gasteiger partial charge in [-0.2, -0.15) is 0 Å². The molecule has 2 heterocycles. The van der Waals surface area contributed by atoms with Crippen LogP contribution in [0.25, 0.3) is 0 Å². The van der Waals surface area contributed by atoms with Crippen LogP contribution in [0.1, 0.15) is 45.4 Å². The van der Waals surface area contributed by atoms with Crippen molar-refractivity contribution in [1.29, 1.82) is 0 Å². The lowest BCUT2D eigenvalue weighted by atomic mass is 9.76. The highest BCUT2D eigenvalue weighted by atomic mass is 16.5. The van der Waals surface area contributed by atoms with Crippen LogP contribution in [0.15, 0.2) is 0 Å². The molecule has 0 bridgehead atoms. The number of piperidine rings is 2. The molecule has 18 heavy (non-hydrogen) atoms. The lowest BCUT2D eigenvalue weighted by Crippen LogP contribution is -2.49. The van der Waals surface area contributed by atoms with Crippen molar-refractivity contribution in [1.82, 2.24) is 10.2 Å². The first-order valence-electron chi connectivity index (χ1n) is 7.74. The summed E-state index contributed by atoms with van der Waals surface area (Å²) in [5.41, 5.74) is 0.549. The smallest absolute Gasteiger partial charge is 0.0595 e. The third-order valence-corrected chi connectivity index (χ3v) is 4.77. The van der Waals surface area contributed by atoms with Crippen LogP contribution in [0.2, 0.25) is 0 Å². The number of hydrogen-bond donors (Lipinski definition) is 1. The molecular formula is C15H30N2O. The minimum absolute atomic E-state index is 0.507. The van der Waals surface area contributed by atoms with Gasteiger partial charge in [0.15, 0.2) is 0 Å². The normalized spacial score (nSPS) is 31.7. The lowest BCUT2D eigenvalue weighted by molar-refractivity contribution is 0.0194. The van der Waals surface area contributed by atoms with E-state index in [0.29, 0.717) is 11.5 Å². The summed E-state index contributed by atoms with van der Waals surface area (Å²) in [4.78, 5) is 2.68. The fourth-order valence-electron chi connectivity index (χ4n) is 3.77. The number of ether oxygens (including phenoxy) is 1. The molecule has 0 radical (unpaired) electrons. The van der Waals surface area contributed by atoms with E-state index in [1.807, 2.05) is 7.11 Å². The summed E-state index contributed by atoms with van der Waals surface area (Å²) in [5.74, 6) is 0. The molecule has 106 valence electrons. The number of nitrogens with zero attached hydrogens (tertiary/aromatic N) is 1. The second kappa shape index (κ2) is 6.88. The van der Waals surface area contributed by atoms with E-state index in [9.17, 15) is 0 Å². The van der Waals surface area contributed by atoms with Crippen LogP contribution >= 0.6 is 0 Å². The van der Waals surface area contributed by atoms with Gasteiger partial charge in [0.2, 0.25) is 0 Å². The van der Waals surface area contributed by atoms with Crippen molar-refractivity contribution in [2.75, 3.05) is 39.8 Å². The maximum absolute atomic E-state index is 5.46. The molecule has 1 unspecified atom stereocenters. The van der Waals surface area contributed by atoms with Gasteiger partial charge >= 0.3 is 0 Å². The third kappa shape index (κ3) is 3.69. The van der Waals surface area contributed by atoms with Gasteiger partial charge < -0.3 is 15.0 Å². The predicted octanol–water partition coefficient (Wildman–Crippen LogP) is 2.27. The summed E-state index contributed by atoms with van der Waals surface area (Å²) in [6.45, 7) is 8.52. The first-order valence-corrected chi connectivity index (χ1v) is 7.74. The number of hydrogen-bond acceptors (Lipinski definition) is 3. The summed E-state index contributed by atoms with van der Waals surface area (Å²) in [7, 11) is 1.85. The zero-order valence-electron chi connectivity index (χ0n) is 12.2. The van der Waals surface area contributed by atoms with E-state index in [1.165, 1.54) is 71.2 Å². The van der Waals surface area contributed by atoms with Crippen molar-refractivity contribution in [3.63, 3.8) is 0 Å². The van der Waals surface area contributed by atoms with Crippen molar-refractivity contribution >= 4 is 0 Å². The highest BCUT2D eigenvalue weighted by Gasteiger charge is 2.34. The molecule has 2 aliphatic rings. The maximum Gasteiger partial charge on any atom is 0.0595 e. The molecule has 2 saturated heterocycles. The molecule has 0 amide bonds. The second-order valence-electron chi connectivity index (χ2n) is 6.24. The fourth-order valence-corrected chi connectivity index (χ4v) is 3.77. The van der Waals surface area contributed by atoms with Crippen LogP contribution in [-0.4, -0.2) is 50.8 Å². The topological polar surface area (TPSA) is 24.5 Å². The van der Waals surface area contributed by atoms with Gasteiger partial charge in [0.05, 0.1) is 6.10 Å². The molecule has 2 fully saturated rings. The molecule has 0 aromatic rings. The molecule has 0 aromatic heterocycles. The van der Waals surface area contributed by atoms with Gasteiger partial charge in [-0.15, -0.1) is 0 Å². The van der Waals surface area contributed by atoms with E-state index < -0.39 is 0 Å². The first-order chi connectivity index (χ1) is 8.78. The monoisotopic (exact) mass is 254 g/mol. The minimum Gasteiger partial charge on any atom is -0.381 e. The van der Waals surface area contributed by atoms with Crippen molar-refractivity contribution < 1.29 is 4.74 Å². The Balaban J connectivity index is 1.85. The molecule has 0 aromatic carbocycles. The largest absolute Gasteiger partial charge is 0.381 e. The van der Waals surface area contributed by atoms with Crippen molar-refractivity contribution in [3.05, 3.63) is 0 Å². The van der Waals surface area contributed by atoms with Crippen LogP contribution in [0.3, 0.4) is 0 Å².